The SMILES string of the molecule is NC(=S)CNC(=O)C(=O)Nc1ccc(Cl)cc1. The van der Waals surface area contributed by atoms with Crippen molar-refractivity contribution in [1.82, 2.24) is 5.32 Å². The summed E-state index contributed by atoms with van der Waals surface area (Å²) in [5, 5.41) is 5.21. The molecule has 0 aliphatic heterocycles. The molecule has 2 amide bonds. The molecule has 0 spiro atoms. The van der Waals surface area contributed by atoms with Crippen molar-refractivity contribution < 1.29 is 9.59 Å². The Hall–Kier alpha value is -1.66. The Bertz CT molecular complexity index is 447. The predicted octanol–water partition coefficient (Wildman–Crippen LogP) is 0.681. The lowest BCUT2D eigenvalue weighted by molar-refractivity contribution is -0.135. The zero-order chi connectivity index (χ0) is 12.8. The van der Waals surface area contributed by atoms with Gasteiger partial charge >= 0.3 is 11.8 Å². The van der Waals surface area contributed by atoms with Gasteiger partial charge in [-0.1, -0.05) is 23.8 Å². The number of carbonyl (C=O) groups excluding carboxylic acids is 2. The van der Waals surface area contributed by atoms with E-state index in [0.717, 1.165) is 0 Å². The van der Waals surface area contributed by atoms with Gasteiger partial charge in [0.05, 0.1) is 11.5 Å². The average Bonchev–Trinajstić information content (AvgIpc) is 2.28. The second-order valence-electron chi connectivity index (χ2n) is 3.11. The van der Waals surface area contributed by atoms with Crippen molar-refractivity contribution in [3.63, 3.8) is 0 Å². The molecule has 1 aromatic carbocycles. The monoisotopic (exact) mass is 271 g/mol. The molecule has 0 unspecified atom stereocenters. The number of hydrogen-bond donors (Lipinski definition) is 3. The molecular formula is C10H10ClN3O2S. The van der Waals surface area contributed by atoms with Gasteiger partial charge < -0.3 is 16.4 Å². The second kappa shape index (κ2) is 6.17. The Morgan fingerprint density at radius 2 is 1.82 bits per heavy atom. The number of carbonyl (C=O) groups is 2. The molecule has 5 nitrogen and oxygen atoms in total. The Balaban J connectivity index is 2.51. The number of nitrogens with one attached hydrogen (secondary N) is 2. The van der Waals surface area contributed by atoms with Crippen LogP contribution in [0.15, 0.2) is 24.3 Å². The minimum atomic E-state index is -0.798. The quantitative estimate of drug-likeness (QED) is 0.558. The maximum Gasteiger partial charge on any atom is 0.313 e. The number of amides is 2. The van der Waals surface area contributed by atoms with Crippen molar-refractivity contribution >= 4 is 46.3 Å². The molecule has 1 aromatic rings. The van der Waals surface area contributed by atoms with Crippen molar-refractivity contribution in [3.8, 4) is 0 Å². The lowest BCUT2D eigenvalue weighted by Gasteiger charge is -2.05. The van der Waals surface area contributed by atoms with E-state index in [9.17, 15) is 9.59 Å². The molecule has 0 heterocycles. The zero-order valence-corrected chi connectivity index (χ0v) is 10.3. The highest BCUT2D eigenvalue weighted by Gasteiger charge is 2.13. The van der Waals surface area contributed by atoms with Gasteiger partial charge in [0.1, 0.15) is 0 Å². The highest BCUT2D eigenvalue weighted by molar-refractivity contribution is 7.80. The third kappa shape index (κ3) is 4.80. The van der Waals surface area contributed by atoms with Gasteiger partial charge in [-0.15, -0.1) is 0 Å². The summed E-state index contributed by atoms with van der Waals surface area (Å²) in [6.07, 6.45) is 0. The maximum atomic E-state index is 11.4. The fourth-order valence-corrected chi connectivity index (χ4v) is 1.17. The summed E-state index contributed by atoms with van der Waals surface area (Å²) in [5.41, 5.74) is 5.66. The summed E-state index contributed by atoms with van der Waals surface area (Å²) in [4.78, 5) is 22.7. The molecule has 0 aliphatic carbocycles. The Labute approximate surface area is 108 Å². The first-order valence-electron chi connectivity index (χ1n) is 4.62. The average molecular weight is 272 g/mol. The molecule has 1 rings (SSSR count). The van der Waals surface area contributed by atoms with Gasteiger partial charge in [-0.3, -0.25) is 9.59 Å². The molecule has 90 valence electrons. The topological polar surface area (TPSA) is 84.2 Å². The maximum absolute atomic E-state index is 11.4. The standard InChI is InChI=1S/C10H10ClN3O2S/c11-6-1-3-7(4-2-6)14-10(16)9(15)13-5-8(12)17/h1-4H,5H2,(H2,12,17)(H,13,15)(H,14,16). The van der Waals surface area contributed by atoms with Crippen LogP contribution < -0.4 is 16.4 Å². The van der Waals surface area contributed by atoms with E-state index in [4.69, 9.17) is 17.3 Å². The summed E-state index contributed by atoms with van der Waals surface area (Å²) >= 11 is 10.2. The fraction of sp³-hybridized carbons (Fsp3) is 0.100. The number of hydrogen-bond acceptors (Lipinski definition) is 3. The van der Waals surface area contributed by atoms with Crippen LogP contribution in [0.4, 0.5) is 5.69 Å². The van der Waals surface area contributed by atoms with E-state index in [2.05, 4.69) is 22.9 Å². The molecule has 4 N–H and O–H groups in total. The van der Waals surface area contributed by atoms with Crippen LogP contribution >= 0.6 is 23.8 Å². The molecular weight excluding hydrogens is 262 g/mol. The van der Waals surface area contributed by atoms with Gasteiger partial charge in [0, 0.05) is 10.7 Å². The van der Waals surface area contributed by atoms with Crippen LogP contribution in [0.5, 0.6) is 0 Å². The highest BCUT2D eigenvalue weighted by atomic mass is 35.5. The van der Waals surface area contributed by atoms with Crippen LogP contribution in [0.25, 0.3) is 0 Å². The summed E-state index contributed by atoms with van der Waals surface area (Å²) < 4.78 is 0. The molecule has 0 aliphatic rings. The molecule has 7 heteroatoms. The normalized spacial score (nSPS) is 9.47. The van der Waals surface area contributed by atoms with Crippen molar-refractivity contribution in [1.29, 1.82) is 0 Å². The zero-order valence-electron chi connectivity index (χ0n) is 8.70. The van der Waals surface area contributed by atoms with Crippen LogP contribution in [0, 0.1) is 0 Å². The van der Waals surface area contributed by atoms with Crippen LogP contribution in [-0.2, 0) is 9.59 Å². The third-order valence-electron chi connectivity index (χ3n) is 1.73. The van der Waals surface area contributed by atoms with Gasteiger partial charge in [0.15, 0.2) is 0 Å². The number of benzene rings is 1. The number of rotatable bonds is 3. The van der Waals surface area contributed by atoms with Gasteiger partial charge in [-0.05, 0) is 24.3 Å². The second-order valence-corrected chi connectivity index (χ2v) is 4.07. The summed E-state index contributed by atoms with van der Waals surface area (Å²) in [6.45, 7) is -0.0117. The number of nitrogens with two attached hydrogens (primary N) is 1. The van der Waals surface area contributed by atoms with Crippen molar-refractivity contribution in [2.45, 2.75) is 0 Å². The molecule has 17 heavy (non-hydrogen) atoms. The highest BCUT2D eigenvalue weighted by Crippen LogP contribution is 2.12. The molecule has 0 saturated carbocycles. The van der Waals surface area contributed by atoms with E-state index in [1.807, 2.05) is 0 Å². The number of thiocarbonyl (C=S) groups is 1. The molecule has 0 aromatic heterocycles. The first-order valence-corrected chi connectivity index (χ1v) is 5.40. The van der Waals surface area contributed by atoms with Crippen LogP contribution in [0.3, 0.4) is 0 Å². The van der Waals surface area contributed by atoms with Crippen molar-refractivity contribution in [3.05, 3.63) is 29.3 Å². The molecule has 0 saturated heterocycles. The van der Waals surface area contributed by atoms with E-state index >= 15 is 0 Å². The summed E-state index contributed by atoms with van der Waals surface area (Å²) in [7, 11) is 0. The minimum absolute atomic E-state index is 0.0117. The molecule has 0 atom stereocenters. The Morgan fingerprint density at radius 1 is 1.24 bits per heavy atom. The largest absolute Gasteiger partial charge is 0.392 e. The van der Waals surface area contributed by atoms with Gasteiger partial charge in [-0.25, -0.2) is 0 Å². The fourth-order valence-electron chi connectivity index (χ4n) is 0.969. The predicted molar refractivity (Wildman–Crippen MR) is 69.9 cm³/mol. The minimum Gasteiger partial charge on any atom is -0.392 e. The van der Waals surface area contributed by atoms with Crippen LogP contribution in [-0.4, -0.2) is 23.3 Å². The summed E-state index contributed by atoms with van der Waals surface area (Å²) in [5.74, 6) is -1.59. The lowest BCUT2D eigenvalue weighted by atomic mass is 10.3. The van der Waals surface area contributed by atoms with E-state index in [-0.39, 0.29) is 11.5 Å². The van der Waals surface area contributed by atoms with Crippen LogP contribution in [0.2, 0.25) is 5.02 Å². The van der Waals surface area contributed by atoms with E-state index < -0.39 is 11.8 Å². The molecule has 0 fully saturated rings. The van der Waals surface area contributed by atoms with Gasteiger partial charge in [0.2, 0.25) is 0 Å². The molecule has 0 radical (unpaired) electrons. The van der Waals surface area contributed by atoms with Crippen molar-refractivity contribution in [2.24, 2.45) is 5.73 Å². The third-order valence-corrected chi connectivity index (χ3v) is 2.13. The molecule has 0 bridgehead atoms. The summed E-state index contributed by atoms with van der Waals surface area (Å²) in [6, 6.07) is 6.37. The smallest absolute Gasteiger partial charge is 0.313 e. The first kappa shape index (κ1) is 13.4. The van der Waals surface area contributed by atoms with E-state index in [1.54, 1.807) is 24.3 Å². The number of anilines is 1. The van der Waals surface area contributed by atoms with E-state index in [1.165, 1.54) is 0 Å². The first-order chi connectivity index (χ1) is 7.99. The number of halogens is 1. The Kier molecular flexibility index (Phi) is 4.86. The van der Waals surface area contributed by atoms with Gasteiger partial charge in [0.25, 0.3) is 0 Å². The van der Waals surface area contributed by atoms with Gasteiger partial charge in [-0.2, -0.15) is 0 Å². The van der Waals surface area contributed by atoms with Crippen molar-refractivity contribution in [2.75, 3.05) is 11.9 Å². The van der Waals surface area contributed by atoms with Crippen LogP contribution in [0.1, 0.15) is 0 Å². The Morgan fingerprint density at radius 3 is 2.35 bits per heavy atom. The lowest BCUT2D eigenvalue weighted by Crippen LogP contribution is -2.39. The van der Waals surface area contributed by atoms with E-state index in [0.29, 0.717) is 10.7 Å².